The van der Waals surface area contributed by atoms with Crippen molar-refractivity contribution in [1.82, 2.24) is 9.71 Å². The number of carbonyl (C=O) groups excluding carboxylic acids is 1. The van der Waals surface area contributed by atoms with Crippen molar-refractivity contribution in [1.29, 1.82) is 0 Å². The van der Waals surface area contributed by atoms with Gasteiger partial charge in [0.2, 0.25) is 4.77 Å². The molecule has 0 aliphatic carbocycles. The van der Waals surface area contributed by atoms with Gasteiger partial charge in [-0.25, -0.2) is 4.79 Å². The van der Waals surface area contributed by atoms with Crippen LogP contribution in [0.2, 0.25) is 0 Å². The van der Waals surface area contributed by atoms with Crippen LogP contribution in [0.3, 0.4) is 0 Å². The Balaban J connectivity index is 2.97. The number of carbonyl (C=O) groups is 1. The maximum absolute atomic E-state index is 10.8. The second kappa shape index (κ2) is 3.99. The van der Waals surface area contributed by atoms with E-state index in [1.807, 2.05) is 0 Å². The van der Waals surface area contributed by atoms with Crippen LogP contribution < -0.4 is 10.4 Å². The Labute approximate surface area is 78.9 Å². The van der Waals surface area contributed by atoms with Crippen LogP contribution in [0.1, 0.15) is 13.3 Å². The van der Waals surface area contributed by atoms with Gasteiger partial charge in [-0.3, -0.25) is 9.78 Å². The van der Waals surface area contributed by atoms with Crippen molar-refractivity contribution in [2.75, 3.05) is 0 Å². The first-order valence-corrected chi connectivity index (χ1v) is 4.07. The largest absolute Gasteiger partial charge is 0.334 e. The molecule has 0 aliphatic rings. The molecule has 0 aromatic carbocycles. The van der Waals surface area contributed by atoms with Crippen LogP contribution in [0, 0.1) is 4.77 Å². The van der Waals surface area contributed by atoms with Gasteiger partial charge in [0.15, 0.2) is 0 Å². The van der Waals surface area contributed by atoms with E-state index in [4.69, 9.17) is 17.1 Å². The van der Waals surface area contributed by atoms with E-state index in [9.17, 15) is 9.59 Å². The topological polar surface area (TPSA) is 64.1 Å². The van der Waals surface area contributed by atoms with Gasteiger partial charge >= 0.3 is 5.97 Å². The molecule has 5 nitrogen and oxygen atoms in total. The average Bonchev–Trinajstić information content (AvgIpc) is 2.09. The van der Waals surface area contributed by atoms with E-state index >= 15 is 0 Å². The molecule has 0 fully saturated rings. The molecule has 70 valence electrons. The van der Waals surface area contributed by atoms with Gasteiger partial charge in [-0.05, 0) is 12.2 Å². The van der Waals surface area contributed by atoms with E-state index in [-0.39, 0.29) is 16.8 Å². The molecular formula is C7H8N2O3S. The molecule has 1 heterocycles. The summed E-state index contributed by atoms with van der Waals surface area (Å²) >= 11 is 4.74. The van der Waals surface area contributed by atoms with Crippen LogP contribution in [0.4, 0.5) is 0 Å². The van der Waals surface area contributed by atoms with Gasteiger partial charge in [0, 0.05) is 12.5 Å². The Morgan fingerprint density at radius 2 is 2.46 bits per heavy atom. The van der Waals surface area contributed by atoms with Gasteiger partial charge < -0.3 is 4.84 Å². The third kappa shape index (κ3) is 2.51. The zero-order valence-corrected chi connectivity index (χ0v) is 7.76. The first kappa shape index (κ1) is 9.66. The van der Waals surface area contributed by atoms with Crippen LogP contribution >= 0.6 is 12.2 Å². The van der Waals surface area contributed by atoms with Crippen molar-refractivity contribution in [3.05, 3.63) is 27.4 Å². The van der Waals surface area contributed by atoms with Crippen molar-refractivity contribution in [2.24, 2.45) is 0 Å². The summed E-state index contributed by atoms with van der Waals surface area (Å²) in [4.78, 5) is 28.6. The highest BCUT2D eigenvalue weighted by Gasteiger charge is 2.00. The Hall–Kier alpha value is -1.43. The first-order valence-electron chi connectivity index (χ1n) is 3.66. The van der Waals surface area contributed by atoms with Crippen LogP contribution in [0.15, 0.2) is 17.1 Å². The molecule has 0 amide bonds. The fourth-order valence-corrected chi connectivity index (χ4v) is 0.850. The number of rotatable bonds is 2. The van der Waals surface area contributed by atoms with Crippen LogP contribution in [0.25, 0.3) is 0 Å². The number of H-pyrrole nitrogens is 1. The molecule has 0 bridgehead atoms. The molecule has 0 saturated carbocycles. The van der Waals surface area contributed by atoms with Crippen molar-refractivity contribution in [2.45, 2.75) is 13.3 Å². The van der Waals surface area contributed by atoms with E-state index in [1.165, 1.54) is 12.3 Å². The van der Waals surface area contributed by atoms with Crippen molar-refractivity contribution < 1.29 is 9.63 Å². The van der Waals surface area contributed by atoms with Gasteiger partial charge in [-0.2, -0.15) is 4.73 Å². The standard InChI is InChI=1S/C7H8N2O3S/c1-2-6(11)12-9-4-3-5(10)8-7(9)13/h3-4H,2H2,1H3,(H,8,10,13). The van der Waals surface area contributed by atoms with E-state index in [0.29, 0.717) is 0 Å². The Morgan fingerprint density at radius 1 is 1.77 bits per heavy atom. The lowest BCUT2D eigenvalue weighted by Gasteiger charge is -2.03. The van der Waals surface area contributed by atoms with Crippen LogP contribution in [0.5, 0.6) is 0 Å². The molecule has 1 N–H and O–H groups in total. The maximum atomic E-state index is 10.8. The minimum absolute atomic E-state index is 0.0642. The summed E-state index contributed by atoms with van der Waals surface area (Å²) in [5.41, 5.74) is -0.325. The monoisotopic (exact) mass is 200 g/mol. The van der Waals surface area contributed by atoms with Crippen LogP contribution in [-0.4, -0.2) is 15.7 Å². The quantitative estimate of drug-likeness (QED) is 0.696. The minimum Gasteiger partial charge on any atom is -0.334 e. The van der Waals surface area contributed by atoms with Gasteiger partial charge in [-0.15, -0.1) is 0 Å². The third-order valence-corrected chi connectivity index (χ3v) is 1.56. The minimum atomic E-state index is -0.414. The Kier molecular flexibility index (Phi) is 2.97. The summed E-state index contributed by atoms with van der Waals surface area (Å²) in [6, 6.07) is 1.22. The number of hydrogen-bond donors (Lipinski definition) is 1. The summed E-state index contributed by atoms with van der Waals surface area (Å²) in [6.45, 7) is 1.66. The Morgan fingerprint density at radius 3 is 3.00 bits per heavy atom. The molecule has 6 heteroatoms. The molecule has 1 aromatic heterocycles. The highest BCUT2D eigenvalue weighted by Crippen LogP contribution is 1.85. The molecule has 0 atom stereocenters. The molecule has 0 spiro atoms. The second-order valence-corrected chi connectivity index (χ2v) is 2.64. The molecule has 1 aromatic rings. The van der Waals surface area contributed by atoms with E-state index in [1.54, 1.807) is 6.92 Å². The SMILES string of the molecule is CCC(=O)On1ccc(=O)[nH]c1=S. The van der Waals surface area contributed by atoms with Gasteiger partial charge in [0.1, 0.15) is 0 Å². The summed E-state index contributed by atoms with van der Waals surface area (Å²) in [5, 5.41) is 0. The average molecular weight is 200 g/mol. The number of hydrogen-bond acceptors (Lipinski definition) is 4. The first-order chi connectivity index (χ1) is 6.13. The van der Waals surface area contributed by atoms with E-state index in [0.717, 1.165) is 4.73 Å². The zero-order valence-electron chi connectivity index (χ0n) is 6.94. The molecule has 0 unspecified atom stereocenters. The summed E-state index contributed by atoms with van der Waals surface area (Å²) in [7, 11) is 0. The molecule has 0 aliphatic heterocycles. The molecule has 0 saturated heterocycles. The number of nitrogens with one attached hydrogen (secondary N) is 1. The summed E-state index contributed by atoms with van der Waals surface area (Å²) < 4.78 is 1.11. The van der Waals surface area contributed by atoms with Crippen LogP contribution in [-0.2, 0) is 4.79 Å². The highest BCUT2D eigenvalue weighted by atomic mass is 32.1. The van der Waals surface area contributed by atoms with E-state index < -0.39 is 5.97 Å². The third-order valence-electron chi connectivity index (χ3n) is 1.28. The lowest BCUT2D eigenvalue weighted by atomic mass is 10.5. The predicted octanol–water partition coefficient (Wildman–Crippen LogP) is 0.271. The fourth-order valence-electron chi connectivity index (χ4n) is 0.651. The molecule has 13 heavy (non-hydrogen) atoms. The maximum Gasteiger partial charge on any atom is 0.332 e. The lowest BCUT2D eigenvalue weighted by molar-refractivity contribution is -0.144. The van der Waals surface area contributed by atoms with Gasteiger partial charge in [0.05, 0.1) is 6.20 Å². The second-order valence-electron chi connectivity index (χ2n) is 2.25. The lowest BCUT2D eigenvalue weighted by Crippen LogP contribution is -2.22. The highest BCUT2D eigenvalue weighted by molar-refractivity contribution is 7.71. The van der Waals surface area contributed by atoms with Crippen molar-refractivity contribution in [3.8, 4) is 0 Å². The molecule has 0 radical (unpaired) electrons. The summed E-state index contributed by atoms with van der Waals surface area (Å²) in [6.07, 6.45) is 1.55. The normalized spacial score (nSPS) is 9.62. The fraction of sp³-hybridized carbons (Fsp3) is 0.286. The smallest absolute Gasteiger partial charge is 0.332 e. The number of aromatic nitrogens is 2. The zero-order chi connectivity index (χ0) is 9.84. The number of nitrogens with zero attached hydrogens (tertiary/aromatic N) is 1. The van der Waals surface area contributed by atoms with Gasteiger partial charge in [-0.1, -0.05) is 6.92 Å². The van der Waals surface area contributed by atoms with E-state index in [2.05, 4.69) is 4.98 Å². The summed E-state index contributed by atoms with van der Waals surface area (Å²) in [5.74, 6) is -0.414. The van der Waals surface area contributed by atoms with Crippen molar-refractivity contribution >= 4 is 18.2 Å². The Bertz CT molecular complexity index is 420. The molecular weight excluding hydrogens is 192 g/mol. The number of aromatic amines is 1. The molecule has 1 rings (SSSR count). The van der Waals surface area contributed by atoms with Crippen molar-refractivity contribution in [3.63, 3.8) is 0 Å². The van der Waals surface area contributed by atoms with Gasteiger partial charge in [0.25, 0.3) is 5.56 Å². The predicted molar refractivity (Wildman–Crippen MR) is 47.8 cm³/mol.